The van der Waals surface area contributed by atoms with E-state index in [-0.39, 0.29) is 5.02 Å². The van der Waals surface area contributed by atoms with Crippen molar-refractivity contribution in [2.45, 2.75) is 6.54 Å². The van der Waals surface area contributed by atoms with Crippen molar-refractivity contribution < 1.29 is 4.39 Å². The number of halogens is 3. The van der Waals surface area contributed by atoms with Crippen LogP contribution in [-0.2, 0) is 6.54 Å². The van der Waals surface area contributed by atoms with Gasteiger partial charge in [0, 0.05) is 23.8 Å². The first-order chi connectivity index (χ1) is 10.1. The molecule has 1 heterocycles. The Hall–Kier alpha value is -1.84. The zero-order valence-corrected chi connectivity index (χ0v) is 12.4. The third kappa shape index (κ3) is 2.94. The minimum absolute atomic E-state index is 0.122. The summed E-state index contributed by atoms with van der Waals surface area (Å²) in [6, 6.07) is 12.2. The van der Waals surface area contributed by atoms with E-state index in [4.69, 9.17) is 23.2 Å². The van der Waals surface area contributed by atoms with Gasteiger partial charge in [-0.1, -0.05) is 29.3 Å². The maximum atomic E-state index is 13.1. The summed E-state index contributed by atoms with van der Waals surface area (Å²) < 4.78 is 13.1. The topological polar surface area (TPSA) is 24.9 Å². The molecule has 21 heavy (non-hydrogen) atoms. The number of anilines is 1. The fourth-order valence-corrected chi connectivity index (χ4v) is 2.56. The fraction of sp³-hybridized carbons (Fsp3) is 0.0625. The molecule has 0 aliphatic carbocycles. The van der Waals surface area contributed by atoms with E-state index in [1.54, 1.807) is 24.4 Å². The van der Waals surface area contributed by atoms with Crippen molar-refractivity contribution in [1.29, 1.82) is 0 Å². The standard InChI is InChI=1S/C16H11Cl2FN2/c17-12-4-6-15(11-2-1-7-20-16(11)12)21-9-10-3-5-14(19)13(18)8-10/h1-8,21H,9H2. The minimum Gasteiger partial charge on any atom is -0.380 e. The van der Waals surface area contributed by atoms with Crippen molar-refractivity contribution in [2.24, 2.45) is 0 Å². The largest absolute Gasteiger partial charge is 0.380 e. The van der Waals surface area contributed by atoms with E-state index in [1.165, 1.54) is 6.07 Å². The van der Waals surface area contributed by atoms with Gasteiger partial charge in [0.05, 0.1) is 15.6 Å². The number of hydrogen-bond donors (Lipinski definition) is 1. The Morgan fingerprint density at radius 3 is 2.71 bits per heavy atom. The number of rotatable bonds is 3. The molecule has 0 saturated carbocycles. The van der Waals surface area contributed by atoms with Crippen molar-refractivity contribution in [3.05, 3.63) is 70.1 Å². The minimum atomic E-state index is -0.415. The lowest BCUT2D eigenvalue weighted by Crippen LogP contribution is -2.00. The number of hydrogen-bond acceptors (Lipinski definition) is 2. The molecular formula is C16H11Cl2FN2. The summed E-state index contributed by atoms with van der Waals surface area (Å²) in [6.45, 7) is 0.533. The molecule has 3 aromatic rings. The lowest BCUT2D eigenvalue weighted by atomic mass is 10.1. The molecule has 106 valence electrons. The van der Waals surface area contributed by atoms with E-state index in [2.05, 4.69) is 10.3 Å². The van der Waals surface area contributed by atoms with Gasteiger partial charge in [-0.25, -0.2) is 4.39 Å². The summed E-state index contributed by atoms with van der Waals surface area (Å²) in [5.74, 6) is -0.415. The molecular weight excluding hydrogens is 310 g/mol. The molecule has 0 radical (unpaired) electrons. The van der Waals surface area contributed by atoms with E-state index in [1.807, 2.05) is 18.2 Å². The Morgan fingerprint density at radius 2 is 1.90 bits per heavy atom. The summed E-state index contributed by atoms with van der Waals surface area (Å²) in [5.41, 5.74) is 2.57. The second-order valence-electron chi connectivity index (χ2n) is 4.60. The van der Waals surface area contributed by atoms with Crippen LogP contribution in [-0.4, -0.2) is 4.98 Å². The first-order valence-electron chi connectivity index (χ1n) is 6.36. The van der Waals surface area contributed by atoms with Gasteiger partial charge in [0.2, 0.25) is 0 Å². The number of pyridine rings is 1. The van der Waals surface area contributed by atoms with Gasteiger partial charge in [-0.05, 0) is 42.0 Å². The number of benzene rings is 2. The number of nitrogens with one attached hydrogen (secondary N) is 1. The molecule has 0 aliphatic heterocycles. The molecule has 0 bridgehead atoms. The van der Waals surface area contributed by atoms with Crippen molar-refractivity contribution >= 4 is 39.8 Å². The van der Waals surface area contributed by atoms with Crippen LogP contribution in [0.3, 0.4) is 0 Å². The Kier molecular flexibility index (Phi) is 3.95. The maximum absolute atomic E-state index is 13.1. The highest BCUT2D eigenvalue weighted by Gasteiger charge is 2.06. The summed E-state index contributed by atoms with van der Waals surface area (Å²) in [7, 11) is 0. The molecule has 0 spiro atoms. The van der Waals surface area contributed by atoms with E-state index in [0.29, 0.717) is 11.6 Å². The van der Waals surface area contributed by atoms with Crippen molar-refractivity contribution in [2.75, 3.05) is 5.32 Å². The zero-order valence-electron chi connectivity index (χ0n) is 10.9. The van der Waals surface area contributed by atoms with E-state index in [0.717, 1.165) is 22.2 Å². The molecule has 0 fully saturated rings. The average Bonchev–Trinajstić information content (AvgIpc) is 2.50. The van der Waals surface area contributed by atoms with E-state index in [9.17, 15) is 4.39 Å². The van der Waals surface area contributed by atoms with Crippen LogP contribution in [0.1, 0.15) is 5.56 Å². The van der Waals surface area contributed by atoms with Gasteiger partial charge < -0.3 is 5.32 Å². The summed E-state index contributed by atoms with van der Waals surface area (Å²) >= 11 is 11.9. The van der Waals surface area contributed by atoms with Crippen LogP contribution in [0, 0.1) is 5.82 Å². The predicted molar refractivity (Wildman–Crippen MR) is 85.5 cm³/mol. The molecule has 0 atom stereocenters. The third-order valence-corrected chi connectivity index (χ3v) is 3.78. The first-order valence-corrected chi connectivity index (χ1v) is 7.12. The van der Waals surface area contributed by atoms with Crippen LogP contribution in [0.2, 0.25) is 10.0 Å². The van der Waals surface area contributed by atoms with E-state index < -0.39 is 5.82 Å². The number of nitrogens with zero attached hydrogens (tertiary/aromatic N) is 1. The third-order valence-electron chi connectivity index (χ3n) is 3.19. The van der Waals surface area contributed by atoms with Crippen molar-refractivity contribution in [3.8, 4) is 0 Å². The summed E-state index contributed by atoms with van der Waals surface area (Å²) in [4.78, 5) is 4.28. The molecule has 3 rings (SSSR count). The van der Waals surface area contributed by atoms with Gasteiger partial charge in [0.25, 0.3) is 0 Å². The Morgan fingerprint density at radius 1 is 1.05 bits per heavy atom. The molecule has 0 amide bonds. The van der Waals surface area contributed by atoms with Crippen molar-refractivity contribution in [3.63, 3.8) is 0 Å². The predicted octanol–water partition coefficient (Wildman–Crippen LogP) is 5.29. The van der Waals surface area contributed by atoms with E-state index >= 15 is 0 Å². The monoisotopic (exact) mass is 320 g/mol. The molecule has 1 aromatic heterocycles. The zero-order chi connectivity index (χ0) is 14.8. The maximum Gasteiger partial charge on any atom is 0.141 e. The Balaban J connectivity index is 1.88. The normalized spacial score (nSPS) is 10.8. The first kappa shape index (κ1) is 14.1. The molecule has 2 aromatic carbocycles. The number of aromatic nitrogens is 1. The highest BCUT2D eigenvalue weighted by molar-refractivity contribution is 6.35. The summed E-state index contributed by atoms with van der Waals surface area (Å²) in [5, 5.41) is 4.98. The van der Waals surface area contributed by atoms with Gasteiger partial charge in [-0.15, -0.1) is 0 Å². The highest BCUT2D eigenvalue weighted by atomic mass is 35.5. The van der Waals surface area contributed by atoms with Crippen LogP contribution in [0.25, 0.3) is 10.9 Å². The lowest BCUT2D eigenvalue weighted by molar-refractivity contribution is 0.627. The van der Waals surface area contributed by atoms with Gasteiger partial charge >= 0.3 is 0 Å². The molecule has 1 N–H and O–H groups in total. The Bertz CT molecular complexity index is 805. The highest BCUT2D eigenvalue weighted by Crippen LogP contribution is 2.28. The number of fused-ring (bicyclic) bond motifs is 1. The van der Waals surface area contributed by atoms with Crippen LogP contribution in [0.5, 0.6) is 0 Å². The van der Waals surface area contributed by atoms with Crippen LogP contribution >= 0.6 is 23.2 Å². The molecule has 0 saturated heterocycles. The second-order valence-corrected chi connectivity index (χ2v) is 5.41. The van der Waals surface area contributed by atoms with Crippen molar-refractivity contribution in [1.82, 2.24) is 4.98 Å². The van der Waals surface area contributed by atoms with Crippen LogP contribution in [0.4, 0.5) is 10.1 Å². The molecule has 5 heteroatoms. The fourth-order valence-electron chi connectivity index (χ4n) is 2.14. The van der Waals surface area contributed by atoms with Gasteiger partial charge in [-0.2, -0.15) is 0 Å². The van der Waals surface area contributed by atoms with Gasteiger partial charge in [0.1, 0.15) is 5.82 Å². The molecule has 0 aliphatic rings. The molecule has 2 nitrogen and oxygen atoms in total. The SMILES string of the molecule is Fc1ccc(CNc2ccc(Cl)c3ncccc23)cc1Cl. The van der Waals surface area contributed by atoms with Gasteiger partial charge in [-0.3, -0.25) is 4.98 Å². The lowest BCUT2D eigenvalue weighted by Gasteiger charge is -2.10. The van der Waals surface area contributed by atoms with Crippen LogP contribution < -0.4 is 5.32 Å². The molecule has 0 unspecified atom stereocenters. The van der Waals surface area contributed by atoms with Crippen LogP contribution in [0.15, 0.2) is 48.7 Å². The average molecular weight is 321 g/mol. The smallest absolute Gasteiger partial charge is 0.141 e. The summed E-state index contributed by atoms with van der Waals surface area (Å²) in [6.07, 6.45) is 1.71. The Labute approximate surface area is 131 Å². The second kappa shape index (κ2) is 5.88. The quantitative estimate of drug-likeness (QED) is 0.709. The van der Waals surface area contributed by atoms with Gasteiger partial charge in [0.15, 0.2) is 0 Å².